The van der Waals surface area contributed by atoms with Crippen LogP contribution in [0.2, 0.25) is 0 Å². The van der Waals surface area contributed by atoms with Crippen molar-refractivity contribution in [2.75, 3.05) is 0 Å². The normalized spacial score (nSPS) is 10.9. The Balaban J connectivity index is 2.21. The van der Waals surface area contributed by atoms with E-state index in [0.717, 1.165) is 0 Å². The van der Waals surface area contributed by atoms with Crippen molar-refractivity contribution in [2.24, 2.45) is 0 Å². The van der Waals surface area contributed by atoms with Crippen molar-refractivity contribution in [2.45, 2.75) is 0 Å². The van der Waals surface area contributed by atoms with Crippen LogP contribution in [0.3, 0.4) is 0 Å². The summed E-state index contributed by atoms with van der Waals surface area (Å²) in [6, 6.07) is 6.01. The molecule has 1 aromatic carbocycles. The Kier molecular flexibility index (Phi) is 2.98. The van der Waals surface area contributed by atoms with Crippen LogP contribution in [0.25, 0.3) is 22.6 Å². The second-order valence-electron chi connectivity index (χ2n) is 4.08. The van der Waals surface area contributed by atoms with Gasteiger partial charge in [-0.05, 0) is 34.1 Å². The zero-order valence-corrected chi connectivity index (χ0v) is 11.5. The third-order valence-corrected chi connectivity index (χ3v) is 3.44. The summed E-state index contributed by atoms with van der Waals surface area (Å²) < 4.78 is 14.4. The van der Waals surface area contributed by atoms with Gasteiger partial charge in [0.1, 0.15) is 11.6 Å². The van der Waals surface area contributed by atoms with Gasteiger partial charge in [0.05, 0.1) is 16.6 Å². The molecule has 0 spiro atoms. The van der Waals surface area contributed by atoms with Crippen molar-refractivity contribution in [3.8, 4) is 11.4 Å². The molecule has 2 aromatic heterocycles. The fourth-order valence-electron chi connectivity index (χ4n) is 1.86. The first kappa shape index (κ1) is 12.7. The number of pyridine rings is 1. The van der Waals surface area contributed by atoms with Crippen LogP contribution in [0.1, 0.15) is 10.4 Å². The molecule has 0 bridgehead atoms. The van der Waals surface area contributed by atoms with E-state index in [-0.39, 0.29) is 11.1 Å². The van der Waals surface area contributed by atoms with Gasteiger partial charge in [0.15, 0.2) is 5.65 Å². The third kappa shape index (κ3) is 2.05. The number of benzene rings is 1. The van der Waals surface area contributed by atoms with E-state index in [0.29, 0.717) is 21.5 Å². The van der Waals surface area contributed by atoms with Gasteiger partial charge >= 0.3 is 5.97 Å². The molecule has 5 nitrogen and oxygen atoms in total. The van der Waals surface area contributed by atoms with Gasteiger partial charge in [-0.3, -0.25) is 0 Å². The van der Waals surface area contributed by atoms with E-state index in [1.54, 1.807) is 12.1 Å². The summed E-state index contributed by atoms with van der Waals surface area (Å²) in [4.78, 5) is 21.9. The van der Waals surface area contributed by atoms with Gasteiger partial charge < -0.3 is 10.1 Å². The Bertz CT molecular complexity index is 811. The number of carbonyl (C=O) groups is 1. The number of fused-ring (bicyclic) bond motifs is 1. The lowest BCUT2D eigenvalue weighted by Gasteiger charge is -2.01. The van der Waals surface area contributed by atoms with Crippen molar-refractivity contribution in [1.82, 2.24) is 15.0 Å². The van der Waals surface area contributed by atoms with Crippen LogP contribution in [0.15, 0.2) is 34.9 Å². The highest BCUT2D eigenvalue weighted by atomic mass is 79.9. The number of rotatable bonds is 2. The first-order valence-corrected chi connectivity index (χ1v) is 6.39. The van der Waals surface area contributed by atoms with Crippen LogP contribution in [0, 0.1) is 5.82 Å². The summed E-state index contributed by atoms with van der Waals surface area (Å²) in [5.41, 5.74) is 1.10. The number of aromatic nitrogens is 3. The topological polar surface area (TPSA) is 78.9 Å². The smallest absolute Gasteiger partial charge is 0.337 e. The molecule has 0 aliphatic heterocycles. The van der Waals surface area contributed by atoms with Crippen LogP contribution in [0.4, 0.5) is 4.39 Å². The first-order valence-electron chi connectivity index (χ1n) is 5.59. The minimum absolute atomic E-state index is 0.0419. The number of aromatic carboxylic acids is 1. The highest BCUT2D eigenvalue weighted by Crippen LogP contribution is 2.29. The summed E-state index contributed by atoms with van der Waals surface area (Å²) in [6.07, 6.45) is 1.21. The second-order valence-corrected chi connectivity index (χ2v) is 4.94. The number of hydrogen-bond acceptors (Lipinski definition) is 3. The molecule has 3 rings (SSSR count). The van der Waals surface area contributed by atoms with E-state index >= 15 is 0 Å². The van der Waals surface area contributed by atoms with E-state index < -0.39 is 11.8 Å². The van der Waals surface area contributed by atoms with E-state index in [1.807, 2.05) is 0 Å². The Morgan fingerprint density at radius 2 is 2.20 bits per heavy atom. The summed E-state index contributed by atoms with van der Waals surface area (Å²) in [7, 11) is 0. The Morgan fingerprint density at radius 1 is 1.40 bits per heavy atom. The minimum Gasteiger partial charge on any atom is -0.478 e. The fraction of sp³-hybridized carbons (Fsp3) is 0. The Hall–Kier alpha value is -2.28. The molecule has 0 radical (unpaired) electrons. The van der Waals surface area contributed by atoms with Crippen LogP contribution in [-0.2, 0) is 0 Å². The zero-order valence-electron chi connectivity index (χ0n) is 9.89. The number of aromatic amines is 1. The van der Waals surface area contributed by atoms with Gasteiger partial charge in [-0.15, -0.1) is 0 Å². The molecule has 0 amide bonds. The lowest BCUT2D eigenvalue weighted by atomic mass is 10.2. The van der Waals surface area contributed by atoms with Gasteiger partial charge in [0, 0.05) is 10.7 Å². The average molecular weight is 336 g/mol. The first-order chi connectivity index (χ1) is 9.56. The van der Waals surface area contributed by atoms with E-state index in [4.69, 9.17) is 5.11 Å². The molecular formula is C13H7BrFN3O2. The molecule has 100 valence electrons. The molecule has 0 aliphatic carbocycles. The van der Waals surface area contributed by atoms with Gasteiger partial charge in [0.2, 0.25) is 0 Å². The van der Waals surface area contributed by atoms with Crippen molar-refractivity contribution < 1.29 is 14.3 Å². The average Bonchev–Trinajstić information content (AvgIpc) is 2.80. The quantitative estimate of drug-likeness (QED) is 0.753. The number of imidazole rings is 1. The lowest BCUT2D eigenvalue weighted by molar-refractivity contribution is 0.0696. The molecule has 0 aliphatic rings. The molecule has 7 heteroatoms. The molecule has 2 heterocycles. The van der Waals surface area contributed by atoms with Gasteiger partial charge in [-0.2, -0.15) is 0 Å². The molecule has 0 unspecified atom stereocenters. The number of halogens is 2. The molecule has 20 heavy (non-hydrogen) atoms. The molecule has 0 fully saturated rings. The second kappa shape index (κ2) is 4.68. The number of H-pyrrole nitrogens is 1. The van der Waals surface area contributed by atoms with E-state index in [9.17, 15) is 9.18 Å². The van der Waals surface area contributed by atoms with Gasteiger partial charge in [0.25, 0.3) is 0 Å². The standard InChI is InChI=1S/C13H7BrFN3O2/c14-7-2-1-3-8(15)10(7)12-17-9-4-6(13(19)20)5-16-11(9)18-12/h1-5H,(H,19,20)(H,16,17,18). The number of carboxylic acid groups (broad SMARTS) is 1. The van der Waals surface area contributed by atoms with Crippen LogP contribution in [0.5, 0.6) is 0 Å². The molecular weight excluding hydrogens is 329 g/mol. The SMILES string of the molecule is O=C(O)c1cnc2nc(-c3c(F)cccc3Br)[nH]c2c1. The fourth-order valence-corrected chi connectivity index (χ4v) is 2.39. The van der Waals surface area contributed by atoms with Crippen LogP contribution < -0.4 is 0 Å². The lowest BCUT2D eigenvalue weighted by Crippen LogP contribution is -1.96. The van der Waals surface area contributed by atoms with Crippen LogP contribution >= 0.6 is 15.9 Å². The van der Waals surface area contributed by atoms with Crippen LogP contribution in [-0.4, -0.2) is 26.0 Å². The number of nitrogens with zero attached hydrogens (tertiary/aromatic N) is 2. The van der Waals surface area contributed by atoms with Gasteiger partial charge in [-0.25, -0.2) is 19.2 Å². The van der Waals surface area contributed by atoms with E-state index in [2.05, 4.69) is 30.9 Å². The van der Waals surface area contributed by atoms with Crippen molar-refractivity contribution >= 4 is 33.1 Å². The summed E-state index contributed by atoms with van der Waals surface area (Å²) in [6.45, 7) is 0. The predicted molar refractivity (Wildman–Crippen MR) is 73.9 cm³/mol. The summed E-state index contributed by atoms with van der Waals surface area (Å²) >= 11 is 3.26. The minimum atomic E-state index is -1.08. The molecule has 3 aromatic rings. The largest absolute Gasteiger partial charge is 0.478 e. The van der Waals surface area contributed by atoms with Crippen molar-refractivity contribution in [3.63, 3.8) is 0 Å². The van der Waals surface area contributed by atoms with E-state index in [1.165, 1.54) is 18.3 Å². The third-order valence-electron chi connectivity index (χ3n) is 2.78. The monoisotopic (exact) mass is 335 g/mol. The molecule has 0 atom stereocenters. The predicted octanol–water partition coefficient (Wildman–Crippen LogP) is 3.22. The van der Waals surface area contributed by atoms with Crippen molar-refractivity contribution in [1.29, 1.82) is 0 Å². The summed E-state index contributed by atoms with van der Waals surface area (Å²) in [5.74, 6) is -1.22. The number of hydrogen-bond donors (Lipinski definition) is 2. The maximum atomic E-state index is 13.9. The number of carboxylic acids is 1. The summed E-state index contributed by atoms with van der Waals surface area (Å²) in [5, 5.41) is 8.91. The Labute approximate surface area is 120 Å². The zero-order chi connectivity index (χ0) is 14.3. The molecule has 2 N–H and O–H groups in total. The number of nitrogens with one attached hydrogen (secondary N) is 1. The highest BCUT2D eigenvalue weighted by Gasteiger charge is 2.15. The highest BCUT2D eigenvalue weighted by molar-refractivity contribution is 9.10. The maximum Gasteiger partial charge on any atom is 0.337 e. The van der Waals surface area contributed by atoms with Gasteiger partial charge in [-0.1, -0.05) is 6.07 Å². The Morgan fingerprint density at radius 3 is 2.90 bits per heavy atom. The maximum absolute atomic E-state index is 13.9. The molecule has 0 saturated carbocycles. The molecule has 0 saturated heterocycles. The van der Waals surface area contributed by atoms with Crippen molar-refractivity contribution in [3.05, 3.63) is 46.3 Å².